The number of hydrogen-bond donors (Lipinski definition) is 1. The van der Waals surface area contributed by atoms with Crippen LogP contribution in [0.2, 0.25) is 0 Å². The molecule has 19 heavy (non-hydrogen) atoms. The summed E-state index contributed by atoms with van der Waals surface area (Å²) in [6.45, 7) is 7.63. The summed E-state index contributed by atoms with van der Waals surface area (Å²) in [6, 6.07) is 5.40. The van der Waals surface area contributed by atoms with Crippen molar-refractivity contribution in [3.05, 3.63) is 46.7 Å². The third-order valence-corrected chi connectivity index (χ3v) is 3.80. The van der Waals surface area contributed by atoms with Gasteiger partial charge in [-0.1, -0.05) is 28.1 Å². The number of nitrogens with one attached hydrogen (secondary N) is 1. The van der Waals surface area contributed by atoms with Crippen molar-refractivity contribution in [2.24, 2.45) is 0 Å². The Morgan fingerprint density at radius 2 is 2.11 bits per heavy atom. The van der Waals surface area contributed by atoms with Gasteiger partial charge in [0.15, 0.2) is 0 Å². The maximum Gasteiger partial charge on any atom is 0.129 e. The Labute approximate surface area is 128 Å². The van der Waals surface area contributed by atoms with Gasteiger partial charge in [-0.05, 0) is 18.6 Å². The van der Waals surface area contributed by atoms with Crippen LogP contribution in [0.3, 0.4) is 0 Å². The zero-order chi connectivity index (χ0) is 13.0. The highest BCUT2D eigenvalue weighted by atomic mass is 79.9. The van der Waals surface area contributed by atoms with Gasteiger partial charge in [-0.3, -0.25) is 4.90 Å². The Morgan fingerprint density at radius 3 is 2.68 bits per heavy atom. The first-order valence-electron chi connectivity index (χ1n) is 6.23. The first kappa shape index (κ1) is 16.6. The maximum absolute atomic E-state index is 14.1. The summed E-state index contributed by atoms with van der Waals surface area (Å²) < 4.78 is 14.9. The fourth-order valence-electron chi connectivity index (χ4n) is 2.40. The van der Waals surface area contributed by atoms with E-state index in [1.807, 2.05) is 18.2 Å². The van der Waals surface area contributed by atoms with E-state index in [0.29, 0.717) is 0 Å². The van der Waals surface area contributed by atoms with Crippen LogP contribution in [0.25, 0.3) is 0 Å². The van der Waals surface area contributed by atoms with Crippen LogP contribution in [0, 0.1) is 5.82 Å². The first-order valence-corrected chi connectivity index (χ1v) is 7.02. The van der Waals surface area contributed by atoms with E-state index in [9.17, 15) is 4.39 Å². The molecule has 5 heteroatoms. The second kappa shape index (κ2) is 8.00. The molecule has 1 aliphatic heterocycles. The zero-order valence-corrected chi connectivity index (χ0v) is 13.1. The summed E-state index contributed by atoms with van der Waals surface area (Å²) in [7, 11) is 0. The van der Waals surface area contributed by atoms with Crippen LogP contribution in [0.15, 0.2) is 35.3 Å². The molecule has 0 aromatic heterocycles. The molecule has 1 aromatic rings. The van der Waals surface area contributed by atoms with E-state index in [2.05, 4.69) is 32.7 Å². The Hall–Kier alpha value is -0.420. The predicted molar refractivity (Wildman–Crippen MR) is 83.3 cm³/mol. The van der Waals surface area contributed by atoms with Crippen molar-refractivity contribution >= 4 is 28.3 Å². The van der Waals surface area contributed by atoms with E-state index >= 15 is 0 Å². The highest BCUT2D eigenvalue weighted by Crippen LogP contribution is 2.28. The Balaban J connectivity index is 0.00000180. The topological polar surface area (TPSA) is 15.3 Å². The normalized spacial score (nSPS) is 17.6. The average Bonchev–Trinajstić information content (AvgIpc) is 2.38. The number of halogens is 3. The number of nitrogens with zero attached hydrogens (tertiary/aromatic N) is 1. The van der Waals surface area contributed by atoms with Crippen LogP contribution in [0.4, 0.5) is 4.39 Å². The van der Waals surface area contributed by atoms with Gasteiger partial charge >= 0.3 is 0 Å². The van der Waals surface area contributed by atoms with Crippen molar-refractivity contribution in [2.75, 3.05) is 26.2 Å². The lowest BCUT2D eigenvalue weighted by atomic mass is 10.0. The van der Waals surface area contributed by atoms with Crippen LogP contribution >= 0.6 is 28.3 Å². The fourth-order valence-corrected chi connectivity index (χ4v) is 2.73. The van der Waals surface area contributed by atoms with Gasteiger partial charge in [-0.15, -0.1) is 19.0 Å². The third kappa shape index (κ3) is 4.28. The standard InChI is InChI=1S/C14H18BrFN2.ClH/c1-2-3-14(18-8-6-17-7-9-18)12-5-4-11(15)10-13(12)16;/h2,4-5,10,14,17H,1,3,6-9H2;1H/t14-;/m0./s1. The van der Waals surface area contributed by atoms with Crippen molar-refractivity contribution in [2.45, 2.75) is 12.5 Å². The monoisotopic (exact) mass is 348 g/mol. The summed E-state index contributed by atoms with van der Waals surface area (Å²) in [5.41, 5.74) is 0.764. The van der Waals surface area contributed by atoms with Crippen LogP contribution in [0.1, 0.15) is 18.0 Å². The Morgan fingerprint density at radius 1 is 1.42 bits per heavy atom. The lowest BCUT2D eigenvalue weighted by Gasteiger charge is -2.35. The molecular formula is C14H19BrClFN2. The largest absolute Gasteiger partial charge is 0.314 e. The molecular weight excluding hydrogens is 331 g/mol. The number of rotatable bonds is 4. The van der Waals surface area contributed by atoms with Crippen molar-refractivity contribution in [3.63, 3.8) is 0 Å². The van der Waals surface area contributed by atoms with Crippen molar-refractivity contribution in [3.8, 4) is 0 Å². The molecule has 1 aromatic carbocycles. The van der Waals surface area contributed by atoms with Gasteiger partial charge in [0, 0.05) is 42.3 Å². The van der Waals surface area contributed by atoms with Gasteiger partial charge < -0.3 is 5.32 Å². The predicted octanol–water partition coefficient (Wildman–Crippen LogP) is 3.53. The number of piperazine rings is 1. The van der Waals surface area contributed by atoms with Crippen LogP contribution < -0.4 is 5.32 Å². The molecule has 1 heterocycles. The van der Waals surface area contributed by atoms with Gasteiger partial charge in [-0.2, -0.15) is 0 Å². The Kier molecular flexibility index (Phi) is 7.00. The summed E-state index contributed by atoms with van der Waals surface area (Å²) in [6.07, 6.45) is 2.65. The van der Waals surface area contributed by atoms with E-state index in [1.165, 1.54) is 6.07 Å². The summed E-state index contributed by atoms with van der Waals surface area (Å²) in [5.74, 6) is -0.144. The molecule has 1 aliphatic rings. The van der Waals surface area contributed by atoms with E-state index in [4.69, 9.17) is 0 Å². The van der Waals surface area contributed by atoms with E-state index in [-0.39, 0.29) is 24.3 Å². The third-order valence-electron chi connectivity index (χ3n) is 3.30. The van der Waals surface area contributed by atoms with E-state index in [0.717, 1.165) is 42.6 Å². The quantitative estimate of drug-likeness (QED) is 0.837. The molecule has 0 saturated carbocycles. The molecule has 0 bridgehead atoms. The molecule has 0 aliphatic carbocycles. The summed E-state index contributed by atoms with van der Waals surface area (Å²) >= 11 is 3.30. The van der Waals surface area contributed by atoms with Crippen molar-refractivity contribution < 1.29 is 4.39 Å². The second-order valence-corrected chi connectivity index (χ2v) is 5.41. The van der Waals surface area contributed by atoms with Crippen LogP contribution in [0.5, 0.6) is 0 Å². The molecule has 0 amide bonds. The van der Waals surface area contributed by atoms with Gasteiger partial charge in [0.2, 0.25) is 0 Å². The van der Waals surface area contributed by atoms with Gasteiger partial charge in [0.1, 0.15) is 5.82 Å². The molecule has 1 saturated heterocycles. The number of hydrogen-bond acceptors (Lipinski definition) is 2. The minimum atomic E-state index is -0.144. The van der Waals surface area contributed by atoms with Gasteiger partial charge in [0.05, 0.1) is 0 Å². The SMILES string of the molecule is C=CC[C@@H](c1ccc(Br)cc1F)N1CCNCC1.Cl. The van der Waals surface area contributed by atoms with Crippen molar-refractivity contribution in [1.29, 1.82) is 0 Å². The smallest absolute Gasteiger partial charge is 0.129 e. The van der Waals surface area contributed by atoms with Crippen molar-refractivity contribution in [1.82, 2.24) is 10.2 Å². The van der Waals surface area contributed by atoms with Gasteiger partial charge in [0.25, 0.3) is 0 Å². The molecule has 2 rings (SSSR count). The van der Waals surface area contributed by atoms with Crippen LogP contribution in [-0.4, -0.2) is 31.1 Å². The zero-order valence-electron chi connectivity index (χ0n) is 10.7. The van der Waals surface area contributed by atoms with E-state index in [1.54, 1.807) is 0 Å². The first-order chi connectivity index (χ1) is 8.72. The molecule has 1 N–H and O–H groups in total. The highest BCUT2D eigenvalue weighted by molar-refractivity contribution is 9.10. The van der Waals surface area contributed by atoms with Crippen LogP contribution in [-0.2, 0) is 0 Å². The molecule has 2 nitrogen and oxygen atoms in total. The molecule has 1 fully saturated rings. The molecule has 106 valence electrons. The summed E-state index contributed by atoms with van der Waals surface area (Å²) in [5, 5.41) is 3.32. The van der Waals surface area contributed by atoms with E-state index < -0.39 is 0 Å². The maximum atomic E-state index is 14.1. The molecule has 0 spiro atoms. The highest BCUT2D eigenvalue weighted by Gasteiger charge is 2.23. The minimum Gasteiger partial charge on any atom is -0.314 e. The minimum absolute atomic E-state index is 0. The lowest BCUT2D eigenvalue weighted by molar-refractivity contribution is 0.171. The molecule has 0 radical (unpaired) electrons. The molecule has 0 unspecified atom stereocenters. The molecule has 1 atom stereocenters. The Bertz CT molecular complexity index is 422. The average molecular weight is 350 g/mol. The van der Waals surface area contributed by atoms with Gasteiger partial charge in [-0.25, -0.2) is 4.39 Å². The fraction of sp³-hybridized carbons (Fsp3) is 0.429. The number of benzene rings is 1. The summed E-state index contributed by atoms with van der Waals surface area (Å²) in [4.78, 5) is 2.32. The lowest BCUT2D eigenvalue weighted by Crippen LogP contribution is -2.45. The second-order valence-electron chi connectivity index (χ2n) is 4.49.